The highest BCUT2D eigenvalue weighted by atomic mass is 32.2. The van der Waals surface area contributed by atoms with E-state index < -0.39 is 5.60 Å². The number of hydrogen-bond acceptors (Lipinski definition) is 4. The van der Waals surface area contributed by atoms with Crippen LogP contribution in [0.2, 0.25) is 0 Å². The van der Waals surface area contributed by atoms with E-state index in [9.17, 15) is 9.90 Å². The molecule has 0 aromatic heterocycles. The fourth-order valence-electron chi connectivity index (χ4n) is 2.80. The topological polar surface area (TPSA) is 52.6 Å². The Kier molecular flexibility index (Phi) is 3.89. The van der Waals surface area contributed by atoms with Gasteiger partial charge in [-0.1, -0.05) is 18.2 Å². The molecule has 0 spiro atoms. The van der Waals surface area contributed by atoms with E-state index in [1.807, 2.05) is 18.2 Å². The van der Waals surface area contributed by atoms with Crippen molar-refractivity contribution in [1.29, 1.82) is 0 Å². The fraction of sp³-hybridized carbons (Fsp3) is 0.533. The molecule has 2 N–H and O–H groups in total. The van der Waals surface area contributed by atoms with E-state index in [4.69, 9.17) is 0 Å². The third-order valence-electron chi connectivity index (χ3n) is 4.07. The van der Waals surface area contributed by atoms with E-state index >= 15 is 0 Å². The van der Waals surface area contributed by atoms with Crippen molar-refractivity contribution in [2.75, 3.05) is 29.5 Å². The lowest BCUT2D eigenvalue weighted by Gasteiger charge is -2.24. The first-order chi connectivity index (χ1) is 9.67. The largest absolute Gasteiger partial charge is 0.379 e. The molecule has 108 valence electrons. The third kappa shape index (κ3) is 2.79. The van der Waals surface area contributed by atoms with Gasteiger partial charge >= 0.3 is 0 Å². The van der Waals surface area contributed by atoms with Gasteiger partial charge in [0.05, 0.1) is 0 Å². The number of carbonyl (C=O) groups excluding carboxylic acids is 1. The van der Waals surface area contributed by atoms with Gasteiger partial charge in [0.15, 0.2) is 5.60 Å². The number of rotatable bonds is 3. The lowest BCUT2D eigenvalue weighted by Crippen LogP contribution is -2.51. The van der Waals surface area contributed by atoms with Crippen LogP contribution in [0.25, 0.3) is 0 Å². The Morgan fingerprint density at radius 1 is 1.40 bits per heavy atom. The predicted molar refractivity (Wildman–Crippen MR) is 82.1 cm³/mol. The molecule has 2 aliphatic rings. The minimum absolute atomic E-state index is 0.136. The predicted octanol–water partition coefficient (Wildman–Crippen LogP) is 1.25. The highest BCUT2D eigenvalue weighted by Crippen LogP contribution is 2.28. The van der Waals surface area contributed by atoms with Gasteiger partial charge in [0.1, 0.15) is 0 Å². The Bertz CT molecular complexity index is 474. The number of thioether (sulfide) groups is 1. The summed E-state index contributed by atoms with van der Waals surface area (Å²) in [4.78, 5) is 14.4. The summed E-state index contributed by atoms with van der Waals surface area (Å²) in [7, 11) is 0. The van der Waals surface area contributed by atoms with E-state index in [-0.39, 0.29) is 11.9 Å². The zero-order chi connectivity index (χ0) is 14.0. The Labute approximate surface area is 123 Å². The molecule has 1 aromatic rings. The summed E-state index contributed by atoms with van der Waals surface area (Å²) in [6.07, 6.45) is 1.50. The number of nitrogens with one attached hydrogen (secondary N) is 1. The van der Waals surface area contributed by atoms with Gasteiger partial charge in [-0.15, -0.1) is 0 Å². The summed E-state index contributed by atoms with van der Waals surface area (Å²) < 4.78 is 0. The van der Waals surface area contributed by atoms with Crippen molar-refractivity contribution in [2.45, 2.75) is 24.5 Å². The zero-order valence-electron chi connectivity index (χ0n) is 11.4. The molecule has 2 heterocycles. The zero-order valence-corrected chi connectivity index (χ0v) is 12.2. The minimum Gasteiger partial charge on any atom is -0.379 e. The Hall–Kier alpha value is -1.20. The van der Waals surface area contributed by atoms with Gasteiger partial charge in [-0.3, -0.25) is 4.79 Å². The number of carbonyl (C=O) groups is 1. The van der Waals surface area contributed by atoms with Crippen molar-refractivity contribution in [2.24, 2.45) is 0 Å². The summed E-state index contributed by atoms with van der Waals surface area (Å²) in [6.45, 7) is 1.76. The summed E-state index contributed by atoms with van der Waals surface area (Å²) >= 11 is 1.64. The van der Waals surface area contributed by atoms with Gasteiger partial charge in [0, 0.05) is 30.6 Å². The summed E-state index contributed by atoms with van der Waals surface area (Å²) in [5, 5.41) is 13.3. The van der Waals surface area contributed by atoms with Crippen molar-refractivity contribution in [1.82, 2.24) is 5.32 Å². The summed E-state index contributed by atoms with van der Waals surface area (Å²) in [5.74, 6) is 1.20. The molecular weight excluding hydrogens is 272 g/mol. The number of benzene rings is 1. The second-order valence-electron chi connectivity index (χ2n) is 5.57. The molecule has 1 amide bonds. The van der Waals surface area contributed by atoms with Crippen LogP contribution in [-0.4, -0.2) is 47.3 Å². The molecule has 1 aromatic carbocycles. The van der Waals surface area contributed by atoms with E-state index in [2.05, 4.69) is 22.3 Å². The van der Waals surface area contributed by atoms with Crippen LogP contribution in [0.15, 0.2) is 30.3 Å². The Morgan fingerprint density at radius 2 is 2.20 bits per heavy atom. The maximum absolute atomic E-state index is 12.2. The SMILES string of the molecule is O=C(NC1CCN(c2ccccc2)C1)C1(O)CCSC1. The molecule has 2 atom stereocenters. The number of amides is 1. The average Bonchev–Trinajstić information content (AvgIpc) is 3.10. The van der Waals surface area contributed by atoms with Crippen molar-refractivity contribution in [3.05, 3.63) is 30.3 Å². The van der Waals surface area contributed by atoms with Crippen LogP contribution in [0.4, 0.5) is 5.69 Å². The molecular formula is C15H20N2O2S. The number of anilines is 1. The van der Waals surface area contributed by atoms with E-state index in [1.165, 1.54) is 5.69 Å². The molecule has 2 unspecified atom stereocenters. The van der Waals surface area contributed by atoms with Crippen LogP contribution < -0.4 is 10.2 Å². The van der Waals surface area contributed by atoms with Crippen LogP contribution in [0.1, 0.15) is 12.8 Å². The molecule has 0 bridgehead atoms. The van der Waals surface area contributed by atoms with Crippen LogP contribution in [0, 0.1) is 0 Å². The van der Waals surface area contributed by atoms with Crippen molar-refractivity contribution in [3.63, 3.8) is 0 Å². The molecule has 3 rings (SSSR count). The molecule has 2 aliphatic heterocycles. The van der Waals surface area contributed by atoms with Gasteiger partial charge in [-0.2, -0.15) is 11.8 Å². The minimum atomic E-state index is -1.15. The summed E-state index contributed by atoms with van der Waals surface area (Å²) in [6, 6.07) is 10.4. The van der Waals surface area contributed by atoms with E-state index in [0.717, 1.165) is 25.3 Å². The molecule has 4 nitrogen and oxygen atoms in total. The monoisotopic (exact) mass is 292 g/mol. The quantitative estimate of drug-likeness (QED) is 0.880. The van der Waals surface area contributed by atoms with Crippen LogP contribution in [-0.2, 0) is 4.79 Å². The third-order valence-corrected chi connectivity index (χ3v) is 5.24. The van der Waals surface area contributed by atoms with Crippen molar-refractivity contribution >= 4 is 23.4 Å². The lowest BCUT2D eigenvalue weighted by atomic mass is 10.0. The highest BCUT2D eigenvalue weighted by molar-refractivity contribution is 7.99. The Balaban J connectivity index is 1.57. The van der Waals surface area contributed by atoms with Gasteiger partial charge in [0.2, 0.25) is 0 Å². The molecule has 0 aliphatic carbocycles. The number of nitrogens with zero attached hydrogens (tertiary/aromatic N) is 1. The fourth-order valence-corrected chi connectivity index (χ4v) is 4.04. The first-order valence-electron chi connectivity index (χ1n) is 7.08. The smallest absolute Gasteiger partial charge is 0.253 e. The first-order valence-corrected chi connectivity index (χ1v) is 8.24. The van der Waals surface area contributed by atoms with Crippen molar-refractivity contribution < 1.29 is 9.90 Å². The number of aliphatic hydroxyl groups is 1. The van der Waals surface area contributed by atoms with Crippen molar-refractivity contribution in [3.8, 4) is 0 Å². The van der Waals surface area contributed by atoms with Crippen LogP contribution in [0.3, 0.4) is 0 Å². The molecule has 20 heavy (non-hydrogen) atoms. The molecule has 2 fully saturated rings. The molecule has 0 radical (unpaired) electrons. The molecule has 2 saturated heterocycles. The average molecular weight is 292 g/mol. The second kappa shape index (κ2) is 5.66. The Morgan fingerprint density at radius 3 is 2.90 bits per heavy atom. The lowest BCUT2D eigenvalue weighted by molar-refractivity contribution is -0.137. The van der Waals surface area contributed by atoms with E-state index in [0.29, 0.717) is 12.2 Å². The number of hydrogen-bond donors (Lipinski definition) is 2. The van der Waals surface area contributed by atoms with Gasteiger partial charge in [0.25, 0.3) is 5.91 Å². The summed E-state index contributed by atoms with van der Waals surface area (Å²) in [5.41, 5.74) is 0.0459. The van der Waals surface area contributed by atoms with Gasteiger partial charge in [-0.25, -0.2) is 0 Å². The second-order valence-corrected chi connectivity index (χ2v) is 6.68. The highest BCUT2D eigenvalue weighted by Gasteiger charge is 2.40. The van der Waals surface area contributed by atoms with E-state index in [1.54, 1.807) is 11.8 Å². The van der Waals surface area contributed by atoms with Gasteiger partial charge < -0.3 is 15.3 Å². The standard InChI is InChI=1S/C15H20N2O2S/c18-14(15(19)7-9-20-11-15)16-12-6-8-17(10-12)13-4-2-1-3-5-13/h1-5,12,19H,6-11H2,(H,16,18). The van der Waals surface area contributed by atoms with Gasteiger partial charge in [-0.05, 0) is 30.7 Å². The number of para-hydroxylation sites is 1. The first kappa shape index (κ1) is 13.8. The van der Waals surface area contributed by atoms with Crippen LogP contribution >= 0.6 is 11.8 Å². The molecule has 0 saturated carbocycles. The maximum atomic E-state index is 12.2. The normalized spacial score (nSPS) is 29.6. The molecule has 5 heteroatoms. The van der Waals surface area contributed by atoms with Crippen LogP contribution in [0.5, 0.6) is 0 Å². The maximum Gasteiger partial charge on any atom is 0.253 e.